The molecule has 0 bridgehead atoms. The lowest BCUT2D eigenvalue weighted by Gasteiger charge is -2.04. The van der Waals surface area contributed by atoms with Crippen molar-refractivity contribution >= 4 is 44.0 Å². The molecule has 0 atom stereocenters. The minimum Gasteiger partial charge on any atom is -0.502 e. The van der Waals surface area contributed by atoms with Crippen LogP contribution in [-0.4, -0.2) is 71.5 Å². The van der Waals surface area contributed by atoms with Crippen LogP contribution in [0, 0.1) is 20.2 Å². The van der Waals surface area contributed by atoms with E-state index in [1.165, 1.54) is 0 Å². The van der Waals surface area contributed by atoms with Crippen molar-refractivity contribution in [2.75, 3.05) is 13.1 Å². The second kappa shape index (κ2) is 10.5. The van der Waals surface area contributed by atoms with E-state index in [9.17, 15) is 47.3 Å². The SMILES string of the molecule is O=[N+]([O-])c1cc(S(=O)(=O)O)cc(C=NCCCN=Cc2cc(S(=O)(=O)O)cc([N+](=O)[O-])c2O)c1O. The maximum absolute atomic E-state index is 11.3. The second-order valence-electron chi connectivity index (χ2n) is 6.65. The predicted molar refractivity (Wildman–Crippen MR) is 119 cm³/mol. The van der Waals surface area contributed by atoms with Crippen molar-refractivity contribution in [3.63, 3.8) is 0 Å². The van der Waals surface area contributed by atoms with Gasteiger partial charge in [0.05, 0.1) is 9.85 Å². The number of hydrogen-bond acceptors (Lipinski definition) is 12. The lowest BCUT2D eigenvalue weighted by molar-refractivity contribution is -0.386. The molecule has 2 rings (SSSR count). The summed E-state index contributed by atoms with van der Waals surface area (Å²) in [6.07, 6.45) is 2.06. The average molecular weight is 532 g/mol. The van der Waals surface area contributed by atoms with Crippen LogP contribution in [0.4, 0.5) is 11.4 Å². The van der Waals surface area contributed by atoms with Gasteiger partial charge in [0.25, 0.3) is 20.2 Å². The van der Waals surface area contributed by atoms with Crippen LogP contribution in [-0.2, 0) is 20.2 Å². The van der Waals surface area contributed by atoms with Crippen molar-refractivity contribution in [1.82, 2.24) is 0 Å². The molecule has 4 N–H and O–H groups in total. The minimum absolute atomic E-state index is 0.00211. The van der Waals surface area contributed by atoms with Gasteiger partial charge in [-0.05, 0) is 18.6 Å². The summed E-state index contributed by atoms with van der Waals surface area (Å²) in [5.41, 5.74) is -2.64. The maximum Gasteiger partial charge on any atom is 0.312 e. The molecular formula is C17H16N4O12S2. The quantitative estimate of drug-likeness (QED) is 0.111. The standard InChI is InChI=1S/C17H16N4O12S2/c22-16-10(4-12(34(28,29)30)6-14(16)20(24)25)8-18-2-1-3-19-9-11-5-13(35(31,32)33)7-15(17(11)23)21(26)27/h4-9,22-23H,1-3H2,(H,28,29,30)(H,31,32,33). The summed E-state index contributed by atoms with van der Waals surface area (Å²) in [6.45, 7) is -0.00423. The Morgan fingerprint density at radius 1 is 0.743 bits per heavy atom. The monoisotopic (exact) mass is 532 g/mol. The smallest absolute Gasteiger partial charge is 0.312 e. The van der Waals surface area contributed by atoms with Gasteiger partial charge in [-0.25, -0.2) is 0 Å². The fourth-order valence-electron chi connectivity index (χ4n) is 2.58. The molecule has 16 nitrogen and oxygen atoms in total. The molecule has 18 heteroatoms. The summed E-state index contributed by atoms with van der Waals surface area (Å²) in [4.78, 5) is 25.9. The third kappa shape index (κ3) is 6.99. The zero-order valence-electron chi connectivity index (χ0n) is 17.2. The van der Waals surface area contributed by atoms with Crippen LogP contribution < -0.4 is 0 Å². The molecule has 0 saturated heterocycles. The number of nitro groups is 2. The fourth-order valence-corrected chi connectivity index (χ4v) is 3.65. The lowest BCUT2D eigenvalue weighted by atomic mass is 10.2. The van der Waals surface area contributed by atoms with Gasteiger partial charge in [-0.3, -0.25) is 39.3 Å². The minimum atomic E-state index is -4.80. The Balaban J connectivity index is 2.14. The number of phenolic OH excluding ortho intramolecular Hbond substituents is 2. The van der Waals surface area contributed by atoms with E-state index in [4.69, 9.17) is 9.11 Å². The predicted octanol–water partition coefficient (Wildman–Crippen LogP) is 1.34. The summed E-state index contributed by atoms with van der Waals surface area (Å²) in [7, 11) is -9.61. The largest absolute Gasteiger partial charge is 0.502 e. The lowest BCUT2D eigenvalue weighted by Crippen LogP contribution is -2.02. The van der Waals surface area contributed by atoms with Crippen molar-refractivity contribution in [3.8, 4) is 11.5 Å². The van der Waals surface area contributed by atoms with E-state index >= 15 is 0 Å². The van der Waals surface area contributed by atoms with Crippen molar-refractivity contribution in [2.45, 2.75) is 16.2 Å². The Hall–Kier alpha value is -4.00. The Kier molecular flexibility index (Phi) is 8.18. The van der Waals surface area contributed by atoms with Gasteiger partial charge < -0.3 is 10.2 Å². The molecule has 2 aromatic carbocycles. The molecule has 0 aliphatic rings. The first-order chi connectivity index (χ1) is 16.1. The molecule has 2 aromatic rings. The number of aromatic hydroxyl groups is 2. The van der Waals surface area contributed by atoms with Gasteiger partial charge >= 0.3 is 11.4 Å². The third-order valence-corrected chi connectivity index (χ3v) is 5.87. The van der Waals surface area contributed by atoms with Gasteiger partial charge in [0, 0.05) is 48.8 Å². The number of phenols is 2. The molecule has 0 amide bonds. The zero-order valence-corrected chi connectivity index (χ0v) is 18.9. The number of benzene rings is 2. The first-order valence-electron chi connectivity index (χ1n) is 9.10. The summed E-state index contributed by atoms with van der Waals surface area (Å²) in [5, 5.41) is 41.8. The first-order valence-corrected chi connectivity index (χ1v) is 12.0. The molecule has 0 heterocycles. The normalized spacial score (nSPS) is 12.4. The molecule has 0 aromatic heterocycles. The molecule has 0 unspecified atom stereocenters. The van der Waals surface area contributed by atoms with E-state index in [0.29, 0.717) is 12.1 Å². The average Bonchev–Trinajstić information content (AvgIpc) is 2.72. The number of nitrogens with zero attached hydrogens (tertiary/aromatic N) is 4. The van der Waals surface area contributed by atoms with Crippen molar-refractivity contribution in [2.24, 2.45) is 9.98 Å². The van der Waals surface area contributed by atoms with Crippen molar-refractivity contribution in [1.29, 1.82) is 0 Å². The molecular weight excluding hydrogens is 516 g/mol. The summed E-state index contributed by atoms with van der Waals surface area (Å²) in [6, 6.07) is 2.51. The van der Waals surface area contributed by atoms with Crippen LogP contribution >= 0.6 is 0 Å². The van der Waals surface area contributed by atoms with Crippen LogP contribution in [0.15, 0.2) is 44.0 Å². The number of aliphatic imine (C=N–C) groups is 2. The third-order valence-electron chi connectivity index (χ3n) is 4.21. The molecule has 0 spiro atoms. The Bertz CT molecular complexity index is 1340. The van der Waals surface area contributed by atoms with Crippen LogP contribution in [0.1, 0.15) is 17.5 Å². The second-order valence-corrected chi connectivity index (χ2v) is 9.49. The Morgan fingerprint density at radius 2 is 1.09 bits per heavy atom. The van der Waals surface area contributed by atoms with Gasteiger partial charge in [0.15, 0.2) is 0 Å². The molecule has 0 aliphatic heterocycles. The maximum atomic E-state index is 11.3. The molecule has 188 valence electrons. The van der Waals surface area contributed by atoms with Crippen LogP contribution in [0.2, 0.25) is 0 Å². The van der Waals surface area contributed by atoms with Crippen LogP contribution in [0.3, 0.4) is 0 Å². The highest BCUT2D eigenvalue weighted by molar-refractivity contribution is 7.86. The highest BCUT2D eigenvalue weighted by Crippen LogP contribution is 2.33. The van der Waals surface area contributed by atoms with E-state index < -0.39 is 62.7 Å². The topological polar surface area (TPSA) is 260 Å². The molecule has 35 heavy (non-hydrogen) atoms. The number of nitro benzene ring substituents is 2. The molecule has 0 fully saturated rings. The number of hydrogen-bond donors (Lipinski definition) is 4. The van der Waals surface area contributed by atoms with E-state index in [1.54, 1.807) is 0 Å². The van der Waals surface area contributed by atoms with E-state index in [2.05, 4.69) is 9.98 Å². The van der Waals surface area contributed by atoms with Crippen LogP contribution in [0.5, 0.6) is 11.5 Å². The van der Waals surface area contributed by atoms with Gasteiger partial charge in [-0.2, -0.15) is 16.8 Å². The summed E-state index contributed by atoms with van der Waals surface area (Å²) in [5.74, 6) is -1.75. The van der Waals surface area contributed by atoms with E-state index in [1.807, 2.05) is 0 Å². The van der Waals surface area contributed by atoms with Gasteiger partial charge in [-0.15, -0.1) is 0 Å². The van der Waals surface area contributed by atoms with Gasteiger partial charge in [-0.1, -0.05) is 0 Å². The van der Waals surface area contributed by atoms with Gasteiger partial charge in [0.1, 0.15) is 9.79 Å². The van der Waals surface area contributed by atoms with Gasteiger partial charge in [0.2, 0.25) is 11.5 Å². The zero-order chi connectivity index (χ0) is 26.6. The van der Waals surface area contributed by atoms with Crippen LogP contribution in [0.25, 0.3) is 0 Å². The fraction of sp³-hybridized carbons (Fsp3) is 0.176. The van der Waals surface area contributed by atoms with Crippen molar-refractivity contribution in [3.05, 3.63) is 55.6 Å². The first kappa shape index (κ1) is 27.2. The molecule has 0 radical (unpaired) electrons. The molecule has 0 saturated carbocycles. The highest BCUT2D eigenvalue weighted by Gasteiger charge is 2.24. The Labute approximate surface area is 196 Å². The highest BCUT2D eigenvalue weighted by atomic mass is 32.2. The number of rotatable bonds is 10. The Morgan fingerprint density at radius 3 is 1.37 bits per heavy atom. The van der Waals surface area contributed by atoms with E-state index in [0.717, 1.165) is 24.6 Å². The van der Waals surface area contributed by atoms with E-state index in [-0.39, 0.29) is 30.6 Å². The molecule has 0 aliphatic carbocycles. The summed E-state index contributed by atoms with van der Waals surface area (Å²) < 4.78 is 63.3. The van der Waals surface area contributed by atoms with Crippen molar-refractivity contribution < 1.29 is 46.0 Å². The summed E-state index contributed by atoms with van der Waals surface area (Å²) >= 11 is 0.